The van der Waals surface area contributed by atoms with Gasteiger partial charge in [-0.1, -0.05) is 311 Å². The molecular weight excluding hydrogens is 770 g/mol. The third kappa shape index (κ3) is 9.86. The Morgan fingerprint density at radius 2 is 0.476 bits per heavy atom. The minimum atomic E-state index is -1.38. The van der Waals surface area contributed by atoms with Gasteiger partial charge in [0.2, 0.25) is 0 Å². The van der Waals surface area contributed by atoms with E-state index in [1.54, 1.807) is 0 Å². The lowest BCUT2D eigenvalue weighted by Crippen LogP contribution is -2.75. The van der Waals surface area contributed by atoms with Gasteiger partial charge in [0.05, 0.1) is 0 Å². The molecule has 0 N–H and O–H groups in total. The van der Waals surface area contributed by atoms with Crippen molar-refractivity contribution < 1.29 is 0 Å². The Morgan fingerprint density at radius 1 is 0.254 bits per heavy atom. The maximum absolute atomic E-state index is 2.31. The van der Waals surface area contributed by atoms with Crippen molar-refractivity contribution in [2.24, 2.45) is 0 Å². The van der Waals surface area contributed by atoms with Gasteiger partial charge in [-0.2, -0.15) is 43.7 Å². The molecule has 3 heteroatoms. The molecule has 311 valence electrons. The van der Waals surface area contributed by atoms with Gasteiger partial charge in [-0.05, 0) is 5.56 Å². The summed E-state index contributed by atoms with van der Waals surface area (Å²) in [7, 11) is 0.137. The van der Waals surface area contributed by atoms with E-state index in [0.29, 0.717) is 0 Å². The molecule has 0 unspecified atom stereocenters. The summed E-state index contributed by atoms with van der Waals surface area (Å²) in [6, 6.07) is 100. The molecule has 0 aliphatic rings. The van der Waals surface area contributed by atoms with Crippen LogP contribution in [0.4, 0.5) is 0 Å². The van der Waals surface area contributed by atoms with Gasteiger partial charge in [0.15, 0.2) is 0 Å². The molecule has 0 aromatic heterocycles. The molecule has 63 heavy (non-hydrogen) atoms. The Hall–Kier alpha value is -6.67. The highest BCUT2D eigenvalue weighted by atomic mass is 28.3. The van der Waals surface area contributed by atoms with Crippen molar-refractivity contribution in [3.63, 3.8) is 0 Å². The van der Waals surface area contributed by atoms with Gasteiger partial charge in [-0.3, -0.25) is 0 Å². The number of rotatable bonds is 12. The van der Waals surface area contributed by atoms with Crippen molar-refractivity contribution >= 4 is 64.8 Å². The third-order valence-electron chi connectivity index (χ3n) is 13.1. The zero-order valence-corrected chi connectivity index (χ0v) is 38.2. The van der Waals surface area contributed by atoms with Crippen LogP contribution in [0.15, 0.2) is 267 Å². The minimum absolute atomic E-state index is 0.137. The largest absolute Gasteiger partial charge is 0.195 e. The molecule has 0 aliphatic heterocycles. The maximum atomic E-state index is 2.31. The van der Waals surface area contributed by atoms with Crippen molar-refractivity contribution in [2.75, 3.05) is 0 Å². The third-order valence-corrected chi connectivity index (χ3v) is 16.1. The molecule has 9 aromatic rings. The Kier molecular flexibility index (Phi) is 15.8. The highest BCUT2D eigenvalue weighted by Crippen LogP contribution is 2.21. The van der Waals surface area contributed by atoms with Gasteiger partial charge in [-0.25, -0.2) is 0 Å². The van der Waals surface area contributed by atoms with E-state index < -0.39 is 12.3 Å². The molecule has 0 saturated carbocycles. The molecule has 9 rings (SSSR count). The molecule has 0 heterocycles. The van der Waals surface area contributed by atoms with Gasteiger partial charge >= 0.3 is 0 Å². The molecule has 9 aromatic carbocycles. The molecule has 0 spiro atoms. The molecule has 0 aliphatic carbocycles. The first-order valence-corrected chi connectivity index (χ1v) is 25.0. The fourth-order valence-electron chi connectivity index (χ4n) is 9.97. The quantitative estimate of drug-likeness (QED) is 0.108. The second kappa shape index (κ2) is 22.4. The van der Waals surface area contributed by atoms with Gasteiger partial charge in [0.25, 0.3) is 0 Å². The number of hydrogen-bond donors (Lipinski definition) is 0. The van der Waals surface area contributed by atoms with Crippen LogP contribution in [0.25, 0.3) is 11.1 Å². The summed E-state index contributed by atoms with van der Waals surface area (Å²) in [4.78, 5) is 0. The van der Waals surface area contributed by atoms with E-state index in [4.69, 9.17) is 0 Å². The Morgan fingerprint density at radius 3 is 0.730 bits per heavy atom. The first-order chi connectivity index (χ1) is 31.2. The molecule has 0 amide bonds. The lowest BCUT2D eigenvalue weighted by atomic mass is 9.12. The Balaban J connectivity index is 0.000000167. The summed E-state index contributed by atoms with van der Waals surface area (Å²) >= 11 is 0. The maximum Gasteiger partial charge on any atom is 0.108 e. The predicted octanol–water partition coefficient (Wildman–Crippen LogP) is 10.3. The van der Waals surface area contributed by atoms with E-state index in [9.17, 15) is 0 Å². The summed E-state index contributed by atoms with van der Waals surface area (Å²) in [5.41, 5.74) is 13.2. The van der Waals surface area contributed by atoms with Crippen LogP contribution in [0.5, 0.6) is 0 Å². The van der Waals surface area contributed by atoms with E-state index in [-0.39, 0.29) is 8.80 Å². The summed E-state index contributed by atoms with van der Waals surface area (Å²) in [6.07, 6.45) is -2.59. The van der Waals surface area contributed by atoms with Crippen LogP contribution in [0, 0.1) is 0 Å². The predicted molar refractivity (Wildman–Crippen MR) is 283 cm³/mol. The van der Waals surface area contributed by atoms with Crippen molar-refractivity contribution in [2.45, 2.75) is 38.9 Å². The highest BCUT2D eigenvalue weighted by Gasteiger charge is 2.33. The minimum Gasteiger partial charge on any atom is -0.195 e. The monoisotopic (exact) mass is 829 g/mol. The molecule has 1 radical (unpaired) electrons. The second-order valence-corrected chi connectivity index (χ2v) is 20.0. The molecule has 0 fully saturated rings. The summed E-state index contributed by atoms with van der Waals surface area (Å²) < 4.78 is 0. The zero-order chi connectivity index (χ0) is 43.6. The van der Waals surface area contributed by atoms with Gasteiger partial charge in [0, 0.05) is 8.80 Å². The van der Waals surface area contributed by atoms with Crippen LogP contribution >= 0.6 is 0 Å². The SMILES string of the molecule is CC[Si](CC)CC.c1ccc(-c2ccccc2[B-](c2ccccc2)(c2ccccc2)c2ccccc2)cc1.c1ccc([B-](c2ccccc2)(c2ccccc2)c2ccccc2)cc1. The van der Waals surface area contributed by atoms with E-state index in [1.807, 2.05) is 0 Å². The van der Waals surface area contributed by atoms with Gasteiger partial charge in [0.1, 0.15) is 12.3 Å². The fraction of sp³-hybridized carbons (Fsp3) is 0.100. The lowest BCUT2D eigenvalue weighted by molar-refractivity contribution is 1.24. The number of benzene rings is 9. The van der Waals surface area contributed by atoms with Crippen LogP contribution in [-0.4, -0.2) is 21.1 Å². The highest BCUT2D eigenvalue weighted by molar-refractivity contribution is 7.20. The molecular formula is C60H59B2Si-2. The van der Waals surface area contributed by atoms with Crippen molar-refractivity contribution in [1.82, 2.24) is 0 Å². The molecule has 0 nitrogen and oxygen atoms in total. The van der Waals surface area contributed by atoms with Crippen LogP contribution in [0.2, 0.25) is 18.1 Å². The van der Waals surface area contributed by atoms with E-state index in [1.165, 1.54) is 73.0 Å². The topological polar surface area (TPSA) is 0 Å². The van der Waals surface area contributed by atoms with Gasteiger partial charge < -0.3 is 0 Å². The normalized spacial score (nSPS) is 11.1. The fourth-order valence-corrected chi connectivity index (χ4v) is 11.5. The van der Waals surface area contributed by atoms with E-state index in [0.717, 1.165) is 0 Å². The first kappa shape index (κ1) is 44.4. The summed E-state index contributed by atoms with van der Waals surface area (Å²) in [5.74, 6) is 0. The van der Waals surface area contributed by atoms with Crippen LogP contribution in [0.1, 0.15) is 20.8 Å². The average molecular weight is 830 g/mol. The first-order valence-electron chi connectivity index (χ1n) is 22.9. The Labute approximate surface area is 379 Å². The van der Waals surface area contributed by atoms with Crippen molar-refractivity contribution in [1.29, 1.82) is 0 Å². The standard InChI is InChI=1S/C30H24B.C24H20B.C6H15Si/c1-5-15-25(16-6-1)29-23-13-14-24-30(29)31(26-17-7-2-8-18-26,27-19-9-3-10-20-27)28-21-11-4-12-22-28;1-5-13-21(14-6-1)25(22-15-7-2-8-16-22,23-17-9-3-10-18-23)24-19-11-4-12-20-24;1-4-7(5-2)6-3/h1-24H;1-20H;4-6H2,1-3H3/q2*-1;. The zero-order valence-electron chi connectivity index (χ0n) is 37.2. The summed E-state index contributed by atoms with van der Waals surface area (Å²) in [6.45, 7) is 6.92. The van der Waals surface area contributed by atoms with Crippen molar-refractivity contribution in [3.05, 3.63) is 267 Å². The van der Waals surface area contributed by atoms with Crippen LogP contribution in [-0.2, 0) is 0 Å². The molecule has 0 atom stereocenters. The average Bonchev–Trinajstić information content (AvgIpc) is 3.38. The Bertz CT molecular complexity index is 2370. The van der Waals surface area contributed by atoms with E-state index in [2.05, 4.69) is 288 Å². The van der Waals surface area contributed by atoms with Crippen molar-refractivity contribution in [3.8, 4) is 11.1 Å². The van der Waals surface area contributed by atoms with Gasteiger partial charge in [-0.15, -0.1) is 0 Å². The molecule has 0 saturated heterocycles. The number of hydrogen-bond acceptors (Lipinski definition) is 0. The van der Waals surface area contributed by atoms with E-state index >= 15 is 0 Å². The summed E-state index contributed by atoms with van der Waals surface area (Å²) in [5, 5.41) is 0. The molecule has 0 bridgehead atoms. The van der Waals surface area contributed by atoms with Crippen LogP contribution < -0.4 is 43.7 Å². The second-order valence-electron chi connectivity index (χ2n) is 16.4. The van der Waals surface area contributed by atoms with Crippen LogP contribution in [0.3, 0.4) is 0 Å². The lowest BCUT2D eigenvalue weighted by Gasteiger charge is -2.45. The smallest absolute Gasteiger partial charge is 0.108 e.